The summed E-state index contributed by atoms with van der Waals surface area (Å²) in [6.07, 6.45) is 1.73. The van der Waals surface area contributed by atoms with Crippen LogP contribution in [0.4, 0.5) is 11.5 Å². The number of hydrogen-bond acceptors (Lipinski definition) is 6. The van der Waals surface area contributed by atoms with Crippen molar-refractivity contribution < 1.29 is 10.0 Å². The highest BCUT2D eigenvalue weighted by atomic mass is 16.6. The molecule has 1 aromatic heterocycles. The van der Waals surface area contributed by atoms with E-state index >= 15 is 0 Å². The van der Waals surface area contributed by atoms with Crippen molar-refractivity contribution in [2.24, 2.45) is 0 Å². The van der Waals surface area contributed by atoms with Crippen LogP contribution < -0.4 is 5.32 Å². The lowest BCUT2D eigenvalue weighted by molar-refractivity contribution is -0.385. The normalized spacial score (nSPS) is 11.6. The molecule has 17 heavy (non-hydrogen) atoms. The molecular weight excluding hydrogens is 224 g/mol. The third-order valence-electron chi connectivity index (χ3n) is 2.26. The van der Waals surface area contributed by atoms with Gasteiger partial charge in [0.25, 0.3) is 5.69 Å². The number of rotatable bonds is 5. The quantitative estimate of drug-likeness (QED) is 0.583. The smallest absolute Gasteiger partial charge is 0.289 e. The van der Waals surface area contributed by atoms with Gasteiger partial charge in [-0.1, -0.05) is 6.92 Å². The van der Waals surface area contributed by atoms with Crippen molar-refractivity contribution in [3.05, 3.63) is 27.9 Å². The van der Waals surface area contributed by atoms with E-state index in [1.54, 1.807) is 0 Å². The number of hydrogen-bond donors (Lipinski definition) is 2. The predicted octanol–water partition coefficient (Wildman–Crippen LogP) is 1.04. The monoisotopic (exact) mass is 236 g/mol. The van der Waals surface area contributed by atoms with Crippen molar-refractivity contribution in [2.75, 3.05) is 11.9 Å². The second kappa shape index (κ2) is 5.77. The Bertz CT molecular complexity index is 451. The lowest BCUT2D eigenvalue weighted by Gasteiger charge is -2.15. The molecule has 0 saturated heterocycles. The minimum Gasteiger partial charge on any atom is -0.394 e. The number of nitrogens with one attached hydrogen (secondary N) is 1. The van der Waals surface area contributed by atoms with E-state index in [9.17, 15) is 10.1 Å². The lowest BCUT2D eigenvalue weighted by Crippen LogP contribution is -2.23. The molecule has 0 aliphatic heterocycles. The third kappa shape index (κ3) is 3.12. The van der Waals surface area contributed by atoms with Crippen LogP contribution in [0.3, 0.4) is 0 Å². The second-order valence-corrected chi connectivity index (χ2v) is 3.39. The third-order valence-corrected chi connectivity index (χ3v) is 2.26. The zero-order chi connectivity index (χ0) is 12.8. The van der Waals surface area contributed by atoms with Gasteiger partial charge >= 0.3 is 0 Å². The van der Waals surface area contributed by atoms with Gasteiger partial charge in [-0.15, -0.1) is 0 Å². The van der Waals surface area contributed by atoms with Gasteiger partial charge in [-0.05, 0) is 6.42 Å². The minimum absolute atomic E-state index is 0.0890. The Kier molecular flexibility index (Phi) is 4.37. The largest absolute Gasteiger partial charge is 0.394 e. The van der Waals surface area contributed by atoms with Gasteiger partial charge in [0.05, 0.1) is 17.6 Å². The summed E-state index contributed by atoms with van der Waals surface area (Å²) in [5.74, 6) is 0.249. The molecule has 2 N–H and O–H groups in total. The molecule has 0 aromatic carbocycles. The van der Waals surface area contributed by atoms with E-state index < -0.39 is 4.92 Å². The van der Waals surface area contributed by atoms with E-state index in [1.165, 1.54) is 0 Å². The van der Waals surface area contributed by atoms with Crippen LogP contribution in [-0.2, 0) is 0 Å². The SMILES string of the molecule is CC[C@H](CO)Nc1ncc([N+](=O)[O-])cc1C#N. The number of aromatic nitrogens is 1. The number of nitrogens with zero attached hydrogens (tertiary/aromatic N) is 3. The standard InChI is InChI=1S/C10H12N4O3/c1-2-8(6-15)13-10-7(4-11)3-9(5-12-10)14(16)17/h3,5,8,15H,2,6H2,1H3,(H,12,13)/t8-/m1/s1. The molecule has 1 heterocycles. The van der Waals surface area contributed by atoms with E-state index in [0.29, 0.717) is 6.42 Å². The Hall–Kier alpha value is -2.20. The maximum absolute atomic E-state index is 10.5. The van der Waals surface area contributed by atoms with Gasteiger partial charge in [0.1, 0.15) is 23.6 Å². The summed E-state index contributed by atoms with van der Waals surface area (Å²) in [7, 11) is 0. The van der Waals surface area contributed by atoms with Crippen molar-refractivity contribution in [1.29, 1.82) is 5.26 Å². The van der Waals surface area contributed by atoms with Crippen LogP contribution in [0.2, 0.25) is 0 Å². The molecule has 0 aliphatic carbocycles. The first-order valence-electron chi connectivity index (χ1n) is 5.04. The van der Waals surface area contributed by atoms with Gasteiger partial charge < -0.3 is 10.4 Å². The number of aliphatic hydroxyl groups is 1. The van der Waals surface area contributed by atoms with Crippen LogP contribution in [0.1, 0.15) is 18.9 Å². The average molecular weight is 236 g/mol. The Balaban J connectivity index is 3.01. The summed E-state index contributed by atoms with van der Waals surface area (Å²) in [6.45, 7) is 1.77. The summed E-state index contributed by atoms with van der Waals surface area (Å²) >= 11 is 0. The number of nitriles is 1. The fourth-order valence-corrected chi connectivity index (χ4v) is 1.22. The number of aliphatic hydroxyl groups excluding tert-OH is 1. The maximum Gasteiger partial charge on any atom is 0.289 e. The molecule has 0 spiro atoms. The van der Waals surface area contributed by atoms with Crippen LogP contribution in [0.15, 0.2) is 12.3 Å². The number of nitro groups is 1. The van der Waals surface area contributed by atoms with E-state index in [1.807, 2.05) is 13.0 Å². The maximum atomic E-state index is 10.5. The van der Waals surface area contributed by atoms with E-state index in [-0.39, 0.29) is 29.7 Å². The van der Waals surface area contributed by atoms with Crippen molar-refractivity contribution in [3.8, 4) is 6.07 Å². The molecular formula is C10H12N4O3. The molecule has 1 atom stereocenters. The van der Waals surface area contributed by atoms with Crippen LogP contribution in [0.5, 0.6) is 0 Å². The van der Waals surface area contributed by atoms with Crippen LogP contribution >= 0.6 is 0 Å². The second-order valence-electron chi connectivity index (χ2n) is 3.39. The molecule has 1 aromatic rings. The molecule has 0 aliphatic rings. The molecule has 0 amide bonds. The molecule has 0 bridgehead atoms. The Morgan fingerprint density at radius 1 is 1.76 bits per heavy atom. The molecule has 1 rings (SSSR count). The van der Waals surface area contributed by atoms with Crippen molar-refractivity contribution >= 4 is 11.5 Å². The summed E-state index contributed by atoms with van der Waals surface area (Å²) < 4.78 is 0. The van der Waals surface area contributed by atoms with E-state index in [4.69, 9.17) is 10.4 Å². The summed E-state index contributed by atoms with van der Waals surface area (Å²) in [5, 5.41) is 31.2. The molecule has 0 unspecified atom stereocenters. The zero-order valence-electron chi connectivity index (χ0n) is 9.25. The van der Waals surface area contributed by atoms with Crippen molar-refractivity contribution in [3.63, 3.8) is 0 Å². The van der Waals surface area contributed by atoms with E-state index in [2.05, 4.69) is 10.3 Å². The number of anilines is 1. The van der Waals surface area contributed by atoms with Crippen LogP contribution in [-0.4, -0.2) is 27.7 Å². The first-order valence-corrected chi connectivity index (χ1v) is 5.04. The van der Waals surface area contributed by atoms with Gasteiger partial charge in [-0.25, -0.2) is 4.98 Å². The first-order chi connectivity index (χ1) is 8.12. The molecule has 90 valence electrons. The van der Waals surface area contributed by atoms with Gasteiger partial charge in [-0.2, -0.15) is 5.26 Å². The summed E-state index contributed by atoms with van der Waals surface area (Å²) in [4.78, 5) is 13.7. The Labute approximate surface area is 97.9 Å². The highest BCUT2D eigenvalue weighted by Gasteiger charge is 2.14. The summed E-state index contributed by atoms with van der Waals surface area (Å²) in [5.41, 5.74) is -0.143. The molecule has 0 radical (unpaired) electrons. The van der Waals surface area contributed by atoms with Crippen LogP contribution in [0.25, 0.3) is 0 Å². The highest BCUT2D eigenvalue weighted by molar-refractivity contribution is 5.55. The van der Waals surface area contributed by atoms with Gasteiger partial charge in [0.15, 0.2) is 0 Å². The van der Waals surface area contributed by atoms with E-state index in [0.717, 1.165) is 12.3 Å². The minimum atomic E-state index is -0.610. The van der Waals surface area contributed by atoms with Gasteiger partial charge in [-0.3, -0.25) is 10.1 Å². The number of pyridine rings is 1. The highest BCUT2D eigenvalue weighted by Crippen LogP contribution is 2.19. The first kappa shape index (κ1) is 12.9. The van der Waals surface area contributed by atoms with Gasteiger partial charge in [0, 0.05) is 6.07 Å². The van der Waals surface area contributed by atoms with Crippen molar-refractivity contribution in [2.45, 2.75) is 19.4 Å². The Morgan fingerprint density at radius 2 is 2.47 bits per heavy atom. The predicted molar refractivity (Wildman–Crippen MR) is 60.4 cm³/mol. The summed E-state index contributed by atoms with van der Waals surface area (Å²) in [6, 6.07) is 2.76. The molecule has 7 heteroatoms. The Morgan fingerprint density at radius 3 is 2.94 bits per heavy atom. The van der Waals surface area contributed by atoms with Crippen LogP contribution in [0, 0.1) is 21.4 Å². The molecule has 7 nitrogen and oxygen atoms in total. The van der Waals surface area contributed by atoms with Crippen molar-refractivity contribution in [1.82, 2.24) is 4.98 Å². The fourth-order valence-electron chi connectivity index (χ4n) is 1.22. The fraction of sp³-hybridized carbons (Fsp3) is 0.400. The van der Waals surface area contributed by atoms with Gasteiger partial charge in [0.2, 0.25) is 0 Å². The topological polar surface area (TPSA) is 112 Å². The zero-order valence-corrected chi connectivity index (χ0v) is 9.25. The molecule has 0 fully saturated rings. The average Bonchev–Trinajstić information content (AvgIpc) is 2.35. The molecule has 0 saturated carbocycles. The lowest BCUT2D eigenvalue weighted by atomic mass is 10.2.